The zero-order valence-electron chi connectivity index (χ0n) is 23.4. The van der Waals surface area contributed by atoms with E-state index >= 15 is 0 Å². The first-order valence-electron chi connectivity index (χ1n) is 13.2. The van der Waals surface area contributed by atoms with Crippen molar-refractivity contribution in [3.05, 3.63) is 52.8 Å². The third kappa shape index (κ3) is 7.48. The summed E-state index contributed by atoms with van der Waals surface area (Å²) in [5.74, 6) is 1.50. The molecule has 1 aliphatic heterocycles. The van der Waals surface area contributed by atoms with Crippen LogP contribution in [0.1, 0.15) is 41.6 Å². The van der Waals surface area contributed by atoms with Gasteiger partial charge in [0.05, 0.1) is 24.2 Å². The van der Waals surface area contributed by atoms with Crippen LogP contribution in [0.15, 0.2) is 41.5 Å². The molecule has 2 aliphatic rings. The van der Waals surface area contributed by atoms with Crippen LogP contribution in [-0.4, -0.2) is 75.8 Å². The molecule has 4 heterocycles. The van der Waals surface area contributed by atoms with Crippen molar-refractivity contribution in [3.63, 3.8) is 0 Å². The van der Waals surface area contributed by atoms with E-state index in [9.17, 15) is 9.59 Å². The third-order valence-corrected chi connectivity index (χ3v) is 8.58. The molecule has 1 unspecified atom stereocenters. The Morgan fingerprint density at radius 1 is 0.927 bits per heavy atom. The second kappa shape index (κ2) is 12.8. The SMILES string of the molecule is CN(C)c1cccc(CC(=O)NC2=NNN([C@H]3CCC(c4nnc(NC(=O)Cc5cccc(N(C)C)n5)s4)C3)S2)n1. The van der Waals surface area contributed by atoms with Crippen LogP contribution >= 0.6 is 23.3 Å². The maximum atomic E-state index is 12.6. The van der Waals surface area contributed by atoms with Crippen LogP contribution in [0.4, 0.5) is 16.8 Å². The Hall–Kier alpha value is -3.82. The summed E-state index contributed by atoms with van der Waals surface area (Å²) < 4.78 is 1.97. The van der Waals surface area contributed by atoms with Gasteiger partial charge in [-0.3, -0.25) is 9.59 Å². The average Bonchev–Trinajstić information content (AvgIpc) is 3.70. The smallest absolute Gasteiger partial charge is 0.232 e. The standard InChI is InChI=1S/C26H33N11O2S2/c1-35(2)20-9-5-7-17(27-20)14-22(38)29-25-32-31-24(40-25)16-11-12-19(13-16)37-34-33-26(41-37)30-23(39)15-18-8-6-10-21(28-18)36(3)4/h5-10,16,19,34H,11-15H2,1-4H3,(H,29,32,38)(H,30,33,39)/t16?,19-/m0/s1. The van der Waals surface area contributed by atoms with E-state index < -0.39 is 0 Å². The summed E-state index contributed by atoms with van der Waals surface area (Å²) in [4.78, 5) is 38.0. The van der Waals surface area contributed by atoms with Crippen LogP contribution in [0, 0.1) is 0 Å². The van der Waals surface area contributed by atoms with Crippen molar-refractivity contribution in [2.24, 2.45) is 5.10 Å². The van der Waals surface area contributed by atoms with Gasteiger partial charge < -0.3 is 20.4 Å². The molecule has 0 bridgehead atoms. The Morgan fingerprint density at radius 3 is 2.20 bits per heavy atom. The van der Waals surface area contributed by atoms with E-state index in [1.165, 1.54) is 23.3 Å². The first-order chi connectivity index (χ1) is 19.7. The van der Waals surface area contributed by atoms with Crippen LogP contribution in [0.3, 0.4) is 0 Å². The number of hydrogen-bond donors (Lipinski definition) is 3. The van der Waals surface area contributed by atoms with Gasteiger partial charge in [-0.2, -0.15) is 0 Å². The Bertz CT molecular complexity index is 1430. The highest BCUT2D eigenvalue weighted by atomic mass is 32.2. The molecule has 0 radical (unpaired) electrons. The molecule has 1 fully saturated rings. The molecule has 1 saturated carbocycles. The van der Waals surface area contributed by atoms with Crippen LogP contribution < -0.4 is 26.0 Å². The lowest BCUT2D eigenvalue weighted by Crippen LogP contribution is -2.34. The van der Waals surface area contributed by atoms with Crippen LogP contribution in [0.5, 0.6) is 0 Å². The Labute approximate surface area is 246 Å². The minimum Gasteiger partial charge on any atom is -0.363 e. The van der Waals surface area contributed by atoms with Crippen molar-refractivity contribution in [1.29, 1.82) is 0 Å². The van der Waals surface area contributed by atoms with Gasteiger partial charge in [-0.25, -0.2) is 15.5 Å². The molecule has 0 spiro atoms. The lowest BCUT2D eigenvalue weighted by Gasteiger charge is -2.20. The first-order valence-corrected chi connectivity index (χ1v) is 14.8. The third-order valence-electron chi connectivity index (χ3n) is 6.64. The fourth-order valence-corrected chi connectivity index (χ4v) is 6.32. The highest BCUT2D eigenvalue weighted by Gasteiger charge is 2.35. The van der Waals surface area contributed by atoms with Gasteiger partial charge in [-0.05, 0) is 43.5 Å². The Morgan fingerprint density at radius 2 is 1.56 bits per heavy atom. The minimum absolute atomic E-state index is 0.164. The van der Waals surface area contributed by atoms with Gasteiger partial charge in [0.25, 0.3) is 0 Å². The molecular weight excluding hydrogens is 562 g/mol. The minimum atomic E-state index is -0.175. The molecule has 3 aromatic rings. The summed E-state index contributed by atoms with van der Waals surface area (Å²) in [6, 6.07) is 11.5. The number of aromatic nitrogens is 4. The van der Waals surface area contributed by atoms with Crippen molar-refractivity contribution >= 4 is 57.0 Å². The number of hydrazine groups is 1. The summed E-state index contributed by atoms with van der Waals surface area (Å²) in [5, 5.41) is 20.5. The van der Waals surface area contributed by atoms with E-state index in [-0.39, 0.29) is 36.6 Å². The zero-order valence-corrected chi connectivity index (χ0v) is 25.0. The predicted molar refractivity (Wildman–Crippen MR) is 162 cm³/mol. The highest BCUT2D eigenvalue weighted by Crippen LogP contribution is 2.40. The number of anilines is 3. The fourth-order valence-electron chi connectivity index (χ4n) is 4.57. The highest BCUT2D eigenvalue weighted by molar-refractivity contribution is 8.12. The van der Waals surface area contributed by atoms with Gasteiger partial charge in [-0.15, -0.1) is 19.7 Å². The molecule has 3 aromatic heterocycles. The Kier molecular flexibility index (Phi) is 8.95. The van der Waals surface area contributed by atoms with Gasteiger partial charge >= 0.3 is 0 Å². The van der Waals surface area contributed by atoms with Crippen LogP contribution in [0.2, 0.25) is 0 Å². The first kappa shape index (κ1) is 28.7. The van der Waals surface area contributed by atoms with E-state index in [0.717, 1.165) is 35.9 Å². The quantitative estimate of drug-likeness (QED) is 0.314. The fraction of sp³-hybridized carbons (Fsp3) is 0.423. The topological polar surface area (TPSA) is 144 Å². The van der Waals surface area contributed by atoms with Crippen LogP contribution in [-0.2, 0) is 22.4 Å². The molecule has 2 amide bonds. The zero-order chi connectivity index (χ0) is 28.9. The summed E-state index contributed by atoms with van der Waals surface area (Å²) in [5.41, 5.74) is 4.42. The molecular formula is C26H33N11O2S2. The van der Waals surface area contributed by atoms with Gasteiger partial charge in [0, 0.05) is 52.1 Å². The second-order valence-electron chi connectivity index (χ2n) is 10.3. The summed E-state index contributed by atoms with van der Waals surface area (Å²) >= 11 is 2.79. The number of amides is 2. The largest absolute Gasteiger partial charge is 0.363 e. The van der Waals surface area contributed by atoms with Gasteiger partial charge in [0.2, 0.25) is 22.1 Å². The maximum absolute atomic E-state index is 12.6. The van der Waals surface area contributed by atoms with Crippen molar-refractivity contribution in [2.75, 3.05) is 43.3 Å². The molecule has 41 heavy (non-hydrogen) atoms. The number of nitrogens with one attached hydrogen (secondary N) is 3. The van der Waals surface area contributed by atoms with E-state index in [4.69, 9.17) is 0 Å². The molecule has 5 rings (SSSR count). The second-order valence-corrected chi connectivity index (χ2v) is 12.2. The van der Waals surface area contributed by atoms with Gasteiger partial charge in [0.1, 0.15) is 16.6 Å². The number of nitrogens with zero attached hydrogens (tertiary/aromatic N) is 8. The monoisotopic (exact) mass is 595 g/mol. The van der Waals surface area contributed by atoms with Gasteiger partial charge in [0.15, 0.2) is 0 Å². The molecule has 0 aromatic carbocycles. The molecule has 0 saturated heterocycles. The molecule has 3 N–H and O–H groups in total. The van der Waals surface area contributed by atoms with E-state index in [1.807, 2.05) is 78.8 Å². The van der Waals surface area contributed by atoms with Gasteiger partial charge in [-0.1, -0.05) is 23.5 Å². The molecule has 13 nitrogen and oxygen atoms in total. The molecule has 1 aliphatic carbocycles. The maximum Gasteiger partial charge on any atom is 0.232 e. The Balaban J connectivity index is 1.07. The summed E-state index contributed by atoms with van der Waals surface area (Å²) in [6.07, 6.45) is 3.09. The number of hydrazone groups is 1. The van der Waals surface area contributed by atoms with Crippen molar-refractivity contribution < 1.29 is 9.59 Å². The number of hydrogen-bond acceptors (Lipinski definition) is 13. The lowest BCUT2D eigenvalue weighted by atomic mass is 10.1. The van der Waals surface area contributed by atoms with E-state index in [1.54, 1.807) is 0 Å². The summed E-state index contributed by atoms with van der Waals surface area (Å²) in [7, 11) is 7.65. The lowest BCUT2D eigenvalue weighted by molar-refractivity contribution is -0.119. The number of amidine groups is 1. The summed E-state index contributed by atoms with van der Waals surface area (Å²) in [6.45, 7) is 0. The van der Waals surface area contributed by atoms with E-state index in [0.29, 0.717) is 21.7 Å². The normalized spacial score (nSPS) is 18.5. The van der Waals surface area contributed by atoms with Crippen molar-refractivity contribution in [1.82, 2.24) is 35.4 Å². The average molecular weight is 596 g/mol. The van der Waals surface area contributed by atoms with Crippen molar-refractivity contribution in [2.45, 2.75) is 44.1 Å². The van der Waals surface area contributed by atoms with E-state index in [2.05, 4.69) is 41.4 Å². The molecule has 15 heteroatoms. The molecule has 216 valence electrons. The van der Waals surface area contributed by atoms with Crippen LogP contribution in [0.25, 0.3) is 0 Å². The van der Waals surface area contributed by atoms with Crippen molar-refractivity contribution in [3.8, 4) is 0 Å². The molecule has 2 atom stereocenters. The predicted octanol–water partition coefficient (Wildman–Crippen LogP) is 2.38. The number of pyridine rings is 2. The number of carbonyl (C=O) groups excluding carboxylic acids is 2. The number of carbonyl (C=O) groups is 2. The number of rotatable bonds is 9.